The number of esters is 1. The normalized spacial score (nSPS) is 11.6. The lowest BCUT2D eigenvalue weighted by Gasteiger charge is -2.10. The zero-order valence-electron chi connectivity index (χ0n) is 16.7. The summed E-state index contributed by atoms with van der Waals surface area (Å²) >= 11 is 1.03. The number of fused-ring (bicyclic) bond motifs is 1. The number of para-hydroxylation sites is 1. The lowest BCUT2D eigenvalue weighted by molar-refractivity contribution is -0.132. The summed E-state index contributed by atoms with van der Waals surface area (Å²) in [6, 6.07) is 14.4. The highest BCUT2D eigenvalue weighted by Crippen LogP contribution is 2.31. The SMILES string of the molecule is COc1cccc(/C=c2/sc3nc(=O)c(Cc4ccccc4)nn3c2=O)c1OC(C)=O. The van der Waals surface area contributed by atoms with Gasteiger partial charge in [0.25, 0.3) is 11.1 Å². The Labute approximate surface area is 180 Å². The molecule has 4 aromatic rings. The highest BCUT2D eigenvalue weighted by molar-refractivity contribution is 7.15. The van der Waals surface area contributed by atoms with Crippen LogP contribution < -0.4 is 25.1 Å². The average molecular weight is 435 g/mol. The monoisotopic (exact) mass is 435 g/mol. The summed E-state index contributed by atoms with van der Waals surface area (Å²) < 4.78 is 12.0. The fourth-order valence-electron chi connectivity index (χ4n) is 3.04. The van der Waals surface area contributed by atoms with Crippen molar-refractivity contribution in [3.05, 3.63) is 90.6 Å². The van der Waals surface area contributed by atoms with Gasteiger partial charge in [0.2, 0.25) is 4.96 Å². The summed E-state index contributed by atoms with van der Waals surface area (Å²) in [5.41, 5.74) is 0.667. The molecule has 2 aromatic heterocycles. The largest absolute Gasteiger partial charge is 0.493 e. The second-order valence-electron chi connectivity index (χ2n) is 6.61. The number of nitrogens with zero attached hydrogens (tertiary/aromatic N) is 3. The van der Waals surface area contributed by atoms with Gasteiger partial charge in [-0.05, 0) is 17.7 Å². The van der Waals surface area contributed by atoms with E-state index < -0.39 is 17.1 Å². The number of carbonyl (C=O) groups is 1. The Hall–Kier alpha value is -3.85. The molecule has 0 spiro atoms. The van der Waals surface area contributed by atoms with Crippen LogP contribution in [-0.2, 0) is 11.2 Å². The van der Waals surface area contributed by atoms with Crippen LogP contribution >= 0.6 is 11.3 Å². The molecule has 0 aliphatic rings. The van der Waals surface area contributed by atoms with E-state index in [4.69, 9.17) is 9.47 Å². The van der Waals surface area contributed by atoms with Crippen LogP contribution in [0, 0.1) is 0 Å². The van der Waals surface area contributed by atoms with Gasteiger partial charge in [0.1, 0.15) is 5.69 Å². The fourth-order valence-corrected chi connectivity index (χ4v) is 3.94. The van der Waals surface area contributed by atoms with E-state index in [1.807, 2.05) is 30.3 Å². The Morgan fingerprint density at radius 1 is 1.13 bits per heavy atom. The van der Waals surface area contributed by atoms with Gasteiger partial charge < -0.3 is 9.47 Å². The van der Waals surface area contributed by atoms with Crippen molar-refractivity contribution in [1.82, 2.24) is 14.6 Å². The van der Waals surface area contributed by atoms with Crippen LogP contribution in [0.15, 0.2) is 58.1 Å². The van der Waals surface area contributed by atoms with E-state index in [1.54, 1.807) is 24.3 Å². The van der Waals surface area contributed by atoms with Gasteiger partial charge in [-0.3, -0.25) is 14.4 Å². The maximum Gasteiger partial charge on any atom is 0.308 e. The summed E-state index contributed by atoms with van der Waals surface area (Å²) in [6.07, 6.45) is 1.84. The Morgan fingerprint density at radius 3 is 2.61 bits per heavy atom. The van der Waals surface area contributed by atoms with Crippen molar-refractivity contribution >= 4 is 28.3 Å². The molecule has 0 bridgehead atoms. The maximum atomic E-state index is 12.9. The molecule has 0 saturated carbocycles. The number of benzene rings is 2. The molecule has 8 nitrogen and oxygen atoms in total. The molecule has 9 heteroatoms. The lowest BCUT2D eigenvalue weighted by atomic mass is 10.1. The minimum Gasteiger partial charge on any atom is -0.493 e. The molecule has 0 atom stereocenters. The van der Waals surface area contributed by atoms with Crippen LogP contribution in [-0.4, -0.2) is 27.7 Å². The van der Waals surface area contributed by atoms with Crippen LogP contribution in [0.5, 0.6) is 11.5 Å². The second kappa shape index (κ2) is 8.49. The number of aromatic nitrogens is 3. The molecule has 0 N–H and O–H groups in total. The molecule has 0 radical (unpaired) electrons. The van der Waals surface area contributed by atoms with Crippen LogP contribution in [0.25, 0.3) is 11.0 Å². The van der Waals surface area contributed by atoms with E-state index in [0.717, 1.165) is 21.4 Å². The fraction of sp³-hybridized carbons (Fsp3) is 0.136. The third-order valence-corrected chi connectivity index (χ3v) is 5.39. The first-order valence-corrected chi connectivity index (χ1v) is 10.1. The Morgan fingerprint density at radius 2 is 1.90 bits per heavy atom. The molecule has 156 valence electrons. The van der Waals surface area contributed by atoms with Crippen molar-refractivity contribution < 1.29 is 14.3 Å². The quantitative estimate of drug-likeness (QED) is 0.347. The summed E-state index contributed by atoms with van der Waals surface area (Å²) in [5.74, 6) is 0.0417. The number of rotatable bonds is 5. The van der Waals surface area contributed by atoms with Crippen LogP contribution in [0.2, 0.25) is 0 Å². The molecule has 0 aliphatic heterocycles. The predicted octanol–water partition coefficient (Wildman–Crippen LogP) is 1.58. The van der Waals surface area contributed by atoms with Gasteiger partial charge in [-0.25, -0.2) is 0 Å². The van der Waals surface area contributed by atoms with Crippen LogP contribution in [0.4, 0.5) is 0 Å². The molecule has 0 amide bonds. The number of ether oxygens (including phenoxy) is 2. The standard InChI is InChI=1S/C22H17N3O5S/c1-13(26)30-19-15(9-6-10-17(19)29-2)12-18-21(28)25-22(31-18)23-20(27)16(24-25)11-14-7-4-3-5-8-14/h3-10,12H,11H2,1-2H3/b18-12+. The molecular formula is C22H17N3O5S. The maximum absolute atomic E-state index is 12.9. The Kier molecular flexibility index (Phi) is 5.59. The lowest BCUT2D eigenvalue weighted by Crippen LogP contribution is -2.28. The van der Waals surface area contributed by atoms with Gasteiger partial charge in [-0.1, -0.05) is 53.8 Å². The van der Waals surface area contributed by atoms with E-state index in [-0.39, 0.29) is 27.4 Å². The van der Waals surface area contributed by atoms with Gasteiger partial charge in [0.05, 0.1) is 11.6 Å². The molecule has 0 aliphatic carbocycles. The van der Waals surface area contributed by atoms with E-state index in [0.29, 0.717) is 11.3 Å². The number of hydrogen-bond acceptors (Lipinski definition) is 8. The van der Waals surface area contributed by atoms with Gasteiger partial charge in [0, 0.05) is 18.9 Å². The minimum atomic E-state index is -0.517. The number of carbonyl (C=O) groups excluding carboxylic acids is 1. The molecule has 2 aromatic carbocycles. The van der Waals surface area contributed by atoms with Gasteiger partial charge >= 0.3 is 5.97 Å². The van der Waals surface area contributed by atoms with Crippen molar-refractivity contribution in [3.8, 4) is 11.5 Å². The first-order chi connectivity index (χ1) is 15.0. The molecule has 2 heterocycles. The first kappa shape index (κ1) is 20.4. The van der Waals surface area contributed by atoms with E-state index >= 15 is 0 Å². The zero-order chi connectivity index (χ0) is 22.0. The van der Waals surface area contributed by atoms with Crippen molar-refractivity contribution in [3.63, 3.8) is 0 Å². The van der Waals surface area contributed by atoms with E-state index in [9.17, 15) is 14.4 Å². The van der Waals surface area contributed by atoms with E-state index in [2.05, 4.69) is 10.1 Å². The highest BCUT2D eigenvalue weighted by atomic mass is 32.1. The third kappa shape index (κ3) is 4.22. The molecular weight excluding hydrogens is 418 g/mol. The zero-order valence-corrected chi connectivity index (χ0v) is 17.5. The third-order valence-electron chi connectivity index (χ3n) is 4.43. The molecule has 0 unspecified atom stereocenters. The number of thiazole rings is 1. The van der Waals surface area contributed by atoms with E-state index in [1.165, 1.54) is 14.0 Å². The van der Waals surface area contributed by atoms with Crippen LogP contribution in [0.1, 0.15) is 23.7 Å². The molecule has 0 fully saturated rings. The highest BCUT2D eigenvalue weighted by Gasteiger charge is 2.14. The molecule has 31 heavy (non-hydrogen) atoms. The first-order valence-electron chi connectivity index (χ1n) is 9.30. The topological polar surface area (TPSA) is 99.9 Å². The Bertz CT molecular complexity index is 1440. The second-order valence-corrected chi connectivity index (χ2v) is 7.62. The predicted molar refractivity (Wildman–Crippen MR) is 116 cm³/mol. The summed E-state index contributed by atoms with van der Waals surface area (Å²) in [4.78, 5) is 41.1. The summed E-state index contributed by atoms with van der Waals surface area (Å²) in [5, 5.41) is 4.25. The molecule has 0 saturated heterocycles. The van der Waals surface area contributed by atoms with Crippen LogP contribution in [0.3, 0.4) is 0 Å². The molecule has 4 rings (SSSR count). The van der Waals surface area contributed by atoms with Crippen molar-refractivity contribution in [1.29, 1.82) is 0 Å². The summed E-state index contributed by atoms with van der Waals surface area (Å²) in [6.45, 7) is 1.28. The van der Waals surface area contributed by atoms with Crippen molar-refractivity contribution in [2.75, 3.05) is 7.11 Å². The average Bonchev–Trinajstić information content (AvgIpc) is 3.04. The van der Waals surface area contributed by atoms with Gasteiger partial charge in [-0.2, -0.15) is 14.6 Å². The number of methoxy groups -OCH3 is 1. The number of hydrogen-bond donors (Lipinski definition) is 0. The van der Waals surface area contributed by atoms with Gasteiger partial charge in [-0.15, -0.1) is 0 Å². The minimum absolute atomic E-state index is 0.187. The van der Waals surface area contributed by atoms with Crippen molar-refractivity contribution in [2.45, 2.75) is 13.3 Å². The smallest absolute Gasteiger partial charge is 0.308 e. The Balaban J connectivity index is 1.84. The van der Waals surface area contributed by atoms with Crippen molar-refractivity contribution in [2.24, 2.45) is 0 Å². The van der Waals surface area contributed by atoms with Gasteiger partial charge in [0.15, 0.2) is 11.5 Å². The summed E-state index contributed by atoms with van der Waals surface area (Å²) in [7, 11) is 1.46.